The van der Waals surface area contributed by atoms with Crippen LogP contribution in [0.15, 0.2) is 72.1 Å². The van der Waals surface area contributed by atoms with Gasteiger partial charge >= 0.3 is 172 Å². The number of ketones is 1. The minimum absolute atomic E-state index is 0.0686. The molecule has 2 saturated carbocycles. The van der Waals surface area contributed by atoms with Gasteiger partial charge in [-0.3, -0.25) is 4.79 Å². The van der Waals surface area contributed by atoms with E-state index < -0.39 is 0 Å². The fourth-order valence-corrected chi connectivity index (χ4v) is 12.4. The Balaban J connectivity index is 0.000000345. The summed E-state index contributed by atoms with van der Waals surface area (Å²) in [5, 5.41) is 9.43. The van der Waals surface area contributed by atoms with Crippen molar-refractivity contribution in [1.29, 1.82) is 0 Å². The van der Waals surface area contributed by atoms with Crippen molar-refractivity contribution in [2.24, 2.45) is 47.3 Å². The van der Waals surface area contributed by atoms with Crippen LogP contribution in [0.4, 0.5) is 0 Å². The predicted octanol–water partition coefficient (Wildman–Crippen LogP) is 13.7. The van der Waals surface area contributed by atoms with Gasteiger partial charge in [0.1, 0.15) is 0 Å². The SMILES string of the molecule is C=C.C=C(CCO)C1C(CCCCC)=C(OC)C(=O)C2CCCC(C)C21.C=C1C(C)=C(CCCCCCC)C(C(=C)CCC)C2C(C)CC([At])CC12. The average molecular weight is 914 g/mol. The number of hydrogen-bond donors (Lipinski definition) is 1. The van der Waals surface area contributed by atoms with E-state index >= 15 is 0 Å². The number of ether oxygens (including phenoxy) is 1. The Hall–Kier alpha value is -1.25. The van der Waals surface area contributed by atoms with Gasteiger partial charge in [-0.05, 0) is 43.1 Å². The molecular weight excluding hydrogens is 835 g/mol. The van der Waals surface area contributed by atoms with Crippen LogP contribution in [-0.4, -0.2) is 24.6 Å². The van der Waals surface area contributed by atoms with Crippen molar-refractivity contribution in [1.82, 2.24) is 0 Å². The van der Waals surface area contributed by atoms with E-state index in [2.05, 4.69) is 74.4 Å². The number of hydrogen-bond acceptors (Lipinski definition) is 3. The molecule has 2 fully saturated rings. The molecule has 0 aromatic heterocycles. The molecular formula is C48H79AtO3. The Kier molecular flexibility index (Phi) is 21.9. The van der Waals surface area contributed by atoms with E-state index in [0.717, 1.165) is 65.1 Å². The molecule has 52 heavy (non-hydrogen) atoms. The Labute approximate surface area is 337 Å². The number of Topliss-reactive ketones (excluding diaryl/α,β-unsaturated/α-hetero) is 1. The van der Waals surface area contributed by atoms with Crippen molar-refractivity contribution in [3.8, 4) is 0 Å². The van der Waals surface area contributed by atoms with Crippen LogP contribution >= 0.6 is 0 Å². The number of fused-ring (bicyclic) bond motifs is 2. The molecule has 0 aromatic rings. The molecule has 0 aliphatic heterocycles. The van der Waals surface area contributed by atoms with Gasteiger partial charge in [0.2, 0.25) is 5.78 Å². The molecule has 4 aliphatic rings. The zero-order chi connectivity index (χ0) is 39.0. The van der Waals surface area contributed by atoms with Gasteiger partial charge in [0.05, 0.1) is 7.11 Å². The minimum atomic E-state index is 0.0686. The molecule has 9 atom stereocenters. The maximum absolute atomic E-state index is 13.0. The van der Waals surface area contributed by atoms with Crippen LogP contribution in [0, 0.1) is 72.1 Å². The summed E-state index contributed by atoms with van der Waals surface area (Å²) in [6.07, 6.45) is 21.5. The predicted molar refractivity (Wildman–Crippen MR) is 221 cm³/mol. The summed E-state index contributed by atoms with van der Waals surface area (Å²) in [6.45, 7) is 33.6. The number of allylic oxidation sites excluding steroid dienone is 6. The molecule has 0 radical (unpaired) electrons. The Morgan fingerprint density at radius 1 is 0.788 bits per heavy atom. The van der Waals surface area contributed by atoms with E-state index in [4.69, 9.17) is 4.74 Å². The van der Waals surface area contributed by atoms with Crippen molar-refractivity contribution in [3.05, 3.63) is 72.1 Å². The van der Waals surface area contributed by atoms with Crippen LogP contribution < -0.4 is 0 Å². The van der Waals surface area contributed by atoms with Gasteiger partial charge in [-0.2, -0.15) is 0 Å². The summed E-state index contributed by atoms with van der Waals surface area (Å²) in [5.74, 6) is 4.85. The number of carbonyl (C=O) groups is 1. The van der Waals surface area contributed by atoms with Crippen LogP contribution in [-0.2, 0) is 9.53 Å². The molecule has 4 heteroatoms. The molecule has 4 rings (SSSR count). The van der Waals surface area contributed by atoms with E-state index in [1.807, 2.05) is 24.7 Å². The second-order valence-corrected chi connectivity index (χ2v) is 18.9. The molecule has 3 nitrogen and oxygen atoms in total. The van der Waals surface area contributed by atoms with Gasteiger partial charge in [0.15, 0.2) is 5.76 Å². The second-order valence-electron chi connectivity index (χ2n) is 16.5. The summed E-state index contributed by atoms with van der Waals surface area (Å²) < 4.78 is 6.51. The van der Waals surface area contributed by atoms with Gasteiger partial charge in [-0.15, -0.1) is 13.2 Å². The standard InChI is InChI=1S/C25H41At.C21H34O3.C2H4/c1-7-9-10-11-12-14-22-19(5)20(6)23-16-21(26)15-18(4)25(23)24(22)17(3)13-8-2;1-5-6-7-10-17-19(15(3)12-13-22)18-14(2)9-8-11-16(18)20(23)21(17)24-4;1-2/h18,21,23-25H,3,6-16H2,1-2,4-5H3;14,16,18-19,22H,3,5-13H2,1-2,4H3;1-2H2. The van der Waals surface area contributed by atoms with E-state index in [1.54, 1.807) is 18.3 Å². The second kappa shape index (κ2) is 24.3. The van der Waals surface area contributed by atoms with Crippen molar-refractivity contribution in [2.75, 3.05) is 13.7 Å². The number of carbonyl (C=O) groups excluding carboxylic acids is 1. The molecule has 0 spiro atoms. The van der Waals surface area contributed by atoms with E-state index in [-0.39, 0.29) is 24.2 Å². The molecule has 0 heterocycles. The van der Waals surface area contributed by atoms with Crippen LogP contribution in [0.25, 0.3) is 0 Å². The van der Waals surface area contributed by atoms with Crippen molar-refractivity contribution >= 4 is 5.78 Å². The average Bonchev–Trinajstić information content (AvgIpc) is 3.12. The number of methoxy groups -OCH3 is 1. The van der Waals surface area contributed by atoms with Gasteiger partial charge in [-0.25, -0.2) is 0 Å². The summed E-state index contributed by atoms with van der Waals surface area (Å²) in [5.41, 5.74) is 8.50. The first-order valence-corrected chi connectivity index (χ1v) is 23.0. The fraction of sp³-hybridized carbons (Fsp3) is 0.729. The number of unbranched alkanes of at least 4 members (excludes halogenated alkanes) is 6. The Morgan fingerprint density at radius 3 is 1.96 bits per heavy atom. The zero-order valence-electron chi connectivity index (χ0n) is 34.8. The third-order valence-corrected chi connectivity index (χ3v) is 14.4. The zero-order valence-corrected chi connectivity index (χ0v) is 37.7. The van der Waals surface area contributed by atoms with Crippen LogP contribution in [0.3, 0.4) is 0 Å². The third kappa shape index (κ3) is 11.9. The number of aliphatic hydroxyl groups is 1. The van der Waals surface area contributed by atoms with Gasteiger partial charge in [0.25, 0.3) is 0 Å². The number of rotatable bonds is 17. The number of aliphatic hydroxyl groups excluding tert-OH is 1. The third-order valence-electron chi connectivity index (χ3n) is 13.0. The van der Waals surface area contributed by atoms with Crippen LogP contribution in [0.5, 0.6) is 0 Å². The summed E-state index contributed by atoms with van der Waals surface area (Å²) in [6, 6.07) is 0. The summed E-state index contributed by atoms with van der Waals surface area (Å²) >= 11 is 2.00. The molecule has 0 amide bonds. The first kappa shape index (κ1) is 46.9. The van der Waals surface area contributed by atoms with Crippen LogP contribution in [0.2, 0.25) is 3.63 Å². The first-order valence-electron chi connectivity index (χ1n) is 21.3. The van der Waals surface area contributed by atoms with Gasteiger partial charge in [-0.1, -0.05) is 58.6 Å². The first-order chi connectivity index (χ1) is 25.0. The fourth-order valence-electron chi connectivity index (χ4n) is 10.5. The van der Waals surface area contributed by atoms with Crippen LogP contribution in [0.1, 0.15) is 157 Å². The molecule has 0 bridgehead atoms. The normalized spacial score (nSPS) is 30.0. The Morgan fingerprint density at radius 2 is 1.35 bits per heavy atom. The Bertz CT molecular complexity index is 1220. The summed E-state index contributed by atoms with van der Waals surface area (Å²) in [7, 11) is 1.63. The molecule has 296 valence electrons. The van der Waals surface area contributed by atoms with Gasteiger partial charge in [0, 0.05) is 18.4 Å². The monoisotopic (exact) mass is 914 g/mol. The summed E-state index contributed by atoms with van der Waals surface area (Å²) in [4.78, 5) is 13.0. The van der Waals surface area contributed by atoms with Gasteiger partial charge < -0.3 is 9.84 Å². The molecule has 4 aliphatic carbocycles. The van der Waals surface area contributed by atoms with Crippen molar-refractivity contribution in [2.45, 2.75) is 161 Å². The quantitative estimate of drug-likeness (QED) is 0.117. The maximum atomic E-state index is 13.0. The van der Waals surface area contributed by atoms with E-state index in [1.165, 1.54) is 81.8 Å². The molecule has 1 N–H and O–H groups in total. The van der Waals surface area contributed by atoms with E-state index in [9.17, 15) is 9.90 Å². The molecule has 9 unspecified atom stereocenters. The van der Waals surface area contributed by atoms with Crippen molar-refractivity contribution in [3.63, 3.8) is 0 Å². The van der Waals surface area contributed by atoms with E-state index in [0.29, 0.717) is 35.9 Å². The molecule has 0 saturated heterocycles. The van der Waals surface area contributed by atoms with Crippen molar-refractivity contribution < 1.29 is 39.4 Å². The topological polar surface area (TPSA) is 46.5 Å². The molecule has 0 aromatic carbocycles.